The van der Waals surface area contributed by atoms with Crippen LogP contribution in [-0.2, 0) is 52.8 Å². The second-order valence-electron chi connectivity index (χ2n) is 20.0. The first-order chi connectivity index (χ1) is 40.9. The van der Waals surface area contributed by atoms with E-state index < -0.39 is 0 Å². The lowest BCUT2D eigenvalue weighted by atomic mass is 10.0. The van der Waals surface area contributed by atoms with E-state index >= 15 is 0 Å². The number of halogens is 3. The summed E-state index contributed by atoms with van der Waals surface area (Å²) in [5.41, 5.74) is 22.6. The fourth-order valence-electron chi connectivity index (χ4n) is 9.41. The Kier molecular flexibility index (Phi) is 24.2. The van der Waals surface area contributed by atoms with Crippen molar-refractivity contribution in [3.05, 3.63) is 148 Å². The number of rotatable bonds is 12. The Morgan fingerprint density at radius 3 is 1.49 bits per heavy atom. The van der Waals surface area contributed by atoms with Crippen LogP contribution in [0.4, 0.5) is 11.4 Å². The Labute approximate surface area is 518 Å². The monoisotopic (exact) mass is 1360 g/mol. The van der Waals surface area contributed by atoms with Crippen molar-refractivity contribution in [1.29, 1.82) is 0 Å². The van der Waals surface area contributed by atoms with Crippen molar-refractivity contribution >= 4 is 117 Å². The molecule has 3 aliphatic heterocycles. The Balaban J connectivity index is 0.000000157. The summed E-state index contributed by atoms with van der Waals surface area (Å²) in [5, 5.41) is 11.0. The molecule has 0 bridgehead atoms. The van der Waals surface area contributed by atoms with E-state index in [4.69, 9.17) is 30.4 Å². The van der Waals surface area contributed by atoms with Crippen molar-refractivity contribution in [3.8, 4) is 0 Å². The lowest BCUT2D eigenvalue weighted by Crippen LogP contribution is -2.38. The number of nitrogen functional groups attached to an aromatic ring is 2. The lowest BCUT2D eigenvalue weighted by molar-refractivity contribution is 0.0361. The van der Waals surface area contributed by atoms with Gasteiger partial charge >= 0.3 is 29.8 Å². The van der Waals surface area contributed by atoms with Crippen LogP contribution in [-0.4, -0.2) is 167 Å². The van der Waals surface area contributed by atoms with Crippen molar-refractivity contribution in [2.75, 3.05) is 113 Å². The first kappa shape index (κ1) is 65.5. The number of morpholine rings is 2. The molecular formula is C61H70Br3N9O12. The Hall–Kier alpha value is -7.06. The maximum atomic E-state index is 11.9. The molecule has 1 aliphatic carbocycles. The zero-order chi connectivity index (χ0) is 61.3. The van der Waals surface area contributed by atoms with E-state index in [2.05, 4.69) is 91.7 Å². The van der Waals surface area contributed by atoms with Gasteiger partial charge in [0.05, 0.1) is 133 Å². The Morgan fingerprint density at radius 1 is 0.541 bits per heavy atom. The summed E-state index contributed by atoms with van der Waals surface area (Å²) in [4.78, 5) is 65.9. The molecular weight excluding hydrogens is 1290 g/mol. The molecule has 7 aromatic rings. The molecule has 24 heteroatoms. The number of ether oxygens (including phenoxy) is 7. The second-order valence-corrected chi connectivity index (χ2v) is 22.6. The summed E-state index contributed by atoms with van der Waals surface area (Å²) in [6.07, 6.45) is 7.80. The minimum Gasteiger partial charge on any atom is -0.465 e. The van der Waals surface area contributed by atoms with Gasteiger partial charge in [-0.15, -0.1) is 0 Å². The van der Waals surface area contributed by atoms with E-state index in [-0.39, 0.29) is 29.8 Å². The first-order valence-corrected chi connectivity index (χ1v) is 29.7. The van der Waals surface area contributed by atoms with Gasteiger partial charge in [0, 0.05) is 81.0 Å². The molecule has 3 fully saturated rings. The number of carbonyl (C=O) groups is 5. The highest BCUT2D eigenvalue weighted by Gasteiger charge is 2.29. The van der Waals surface area contributed by atoms with E-state index in [9.17, 15) is 24.0 Å². The minimum atomic E-state index is -0.358. The van der Waals surface area contributed by atoms with Crippen LogP contribution in [0.1, 0.15) is 98.4 Å². The third-order valence-corrected chi connectivity index (χ3v) is 16.3. The summed E-state index contributed by atoms with van der Waals surface area (Å²) in [7, 11) is 6.88. The quantitative estimate of drug-likeness (QED) is 0.0655. The van der Waals surface area contributed by atoms with Gasteiger partial charge in [0.2, 0.25) is 0 Å². The van der Waals surface area contributed by atoms with Gasteiger partial charge in [0.25, 0.3) is 0 Å². The number of aliphatic imine (C=N–C) groups is 1. The largest absolute Gasteiger partial charge is 0.465 e. The number of hydrogen-bond acceptors (Lipinski definition) is 19. The molecule has 11 rings (SSSR count). The van der Waals surface area contributed by atoms with Crippen LogP contribution in [0.25, 0.3) is 21.8 Å². The molecule has 0 unspecified atom stereocenters. The van der Waals surface area contributed by atoms with Crippen LogP contribution in [0.3, 0.4) is 0 Å². The van der Waals surface area contributed by atoms with Crippen molar-refractivity contribution in [3.63, 3.8) is 0 Å². The fourth-order valence-corrected chi connectivity index (χ4v) is 11.2. The average Bonchev–Trinajstić information content (AvgIpc) is 2.29. The van der Waals surface area contributed by atoms with Crippen molar-refractivity contribution in [2.45, 2.75) is 52.2 Å². The predicted molar refractivity (Wildman–Crippen MR) is 335 cm³/mol. The molecule has 21 nitrogen and oxygen atoms in total. The topological polar surface area (TPSA) is 256 Å². The number of aromatic nitrogens is 4. The van der Waals surface area contributed by atoms with Gasteiger partial charge in [-0.1, -0.05) is 15.9 Å². The summed E-state index contributed by atoms with van der Waals surface area (Å²) < 4.78 is 40.7. The number of methoxy groups -OCH3 is 5. The summed E-state index contributed by atoms with van der Waals surface area (Å²) >= 11 is 10.2. The highest BCUT2D eigenvalue weighted by Crippen LogP contribution is 2.44. The van der Waals surface area contributed by atoms with E-state index in [1.807, 2.05) is 42.9 Å². The van der Waals surface area contributed by atoms with Crippen LogP contribution in [0.2, 0.25) is 0 Å². The SMILES string of the molecule is COC(=O)c1cc(Br)c2c(c1)C=NC2.COC(=O)c1cc(Br)c2c(cnn2CCN2CCOCC2)c1.COC(=O)c1cc(C)c(N)c(Br)c1.COC(=O)c1cc(C2CC2)c2c(cnn2CCN2CCOCC2)c1.COC(=O)c1ccc(N)c(C)c1. The Morgan fingerprint density at radius 2 is 0.988 bits per heavy atom. The van der Waals surface area contributed by atoms with Gasteiger partial charge in [-0.25, -0.2) is 24.0 Å². The molecule has 0 atom stereocenters. The number of nitrogens with two attached hydrogens (primary N) is 2. The minimum absolute atomic E-state index is 0.278. The maximum absolute atomic E-state index is 11.9. The van der Waals surface area contributed by atoms with Crippen molar-refractivity contribution in [1.82, 2.24) is 29.4 Å². The molecule has 5 aromatic carbocycles. The molecule has 2 saturated heterocycles. The highest BCUT2D eigenvalue weighted by molar-refractivity contribution is 9.11. The zero-order valence-electron chi connectivity index (χ0n) is 48.6. The van der Waals surface area contributed by atoms with E-state index in [0.29, 0.717) is 56.1 Å². The van der Waals surface area contributed by atoms with Crippen LogP contribution in [0.15, 0.2) is 97.5 Å². The number of anilines is 2. The molecule has 0 amide bonds. The van der Waals surface area contributed by atoms with Crippen molar-refractivity contribution < 1.29 is 57.1 Å². The van der Waals surface area contributed by atoms with Crippen LogP contribution in [0.5, 0.6) is 0 Å². The van der Waals surface area contributed by atoms with Crippen molar-refractivity contribution in [2.24, 2.45) is 4.99 Å². The number of aryl methyl sites for hydroxylation is 2. The fraction of sp³-hybridized carbons (Fsp3) is 0.377. The number of carbonyl (C=O) groups excluding carboxylic acids is 5. The standard InChI is InChI=1S/C18H23N3O3.C15H18BrN3O3.C10H8BrNO2.C9H10BrNO2.C9H11NO2/c1-23-18(22)14-10-15-12-19-21(5-4-20-6-8-24-9-7-20)17(15)16(11-14)13-2-3-13;1-21-15(20)11-8-12-10-17-19(14(12)13(16)9-11)3-2-18-4-6-22-7-5-18;1-14-10(13)6-2-7-4-12-5-8(7)9(11)3-6;1-5-3-6(9(12)13-2)4-7(10)8(5)11;1-6-5-7(9(11)12-2)3-4-8(6)10/h10-13H,2-9H2,1H3;8-10H,2-7H2,1H3;2-4H,5H2,1H3;3-4H,11H2,1-2H3;3-5H,10H2,1-2H3. The van der Waals surface area contributed by atoms with E-state index in [1.165, 1.54) is 59.5 Å². The average molecular weight is 1360 g/mol. The third-order valence-electron chi connectivity index (χ3n) is 14.4. The molecule has 85 heavy (non-hydrogen) atoms. The normalized spacial score (nSPS) is 14.4. The lowest BCUT2D eigenvalue weighted by Gasteiger charge is -2.26. The summed E-state index contributed by atoms with van der Waals surface area (Å²) in [6.45, 7) is 15.1. The number of nitrogens with zero attached hydrogens (tertiary/aromatic N) is 7. The molecule has 4 aliphatic rings. The second kappa shape index (κ2) is 31.4. The van der Waals surface area contributed by atoms with E-state index in [0.717, 1.165) is 126 Å². The van der Waals surface area contributed by atoms with Gasteiger partial charge < -0.3 is 44.6 Å². The van der Waals surface area contributed by atoms with Crippen LogP contribution < -0.4 is 11.5 Å². The number of esters is 5. The molecule has 0 radical (unpaired) electrons. The van der Waals surface area contributed by atoms with Gasteiger partial charge in [0.15, 0.2) is 0 Å². The highest BCUT2D eigenvalue weighted by atomic mass is 79.9. The van der Waals surface area contributed by atoms with Crippen LogP contribution >= 0.6 is 47.8 Å². The van der Waals surface area contributed by atoms with Crippen LogP contribution in [0, 0.1) is 13.8 Å². The first-order valence-electron chi connectivity index (χ1n) is 27.3. The predicted octanol–water partition coefficient (Wildman–Crippen LogP) is 9.61. The number of fused-ring (bicyclic) bond motifs is 3. The molecule has 4 N–H and O–H groups in total. The summed E-state index contributed by atoms with van der Waals surface area (Å²) in [5.74, 6) is -1.09. The number of benzene rings is 5. The molecule has 452 valence electrons. The molecule has 0 spiro atoms. The van der Waals surface area contributed by atoms with Gasteiger partial charge in [-0.3, -0.25) is 24.2 Å². The summed E-state index contributed by atoms with van der Waals surface area (Å²) in [6, 6.07) is 19.4. The van der Waals surface area contributed by atoms with E-state index in [1.54, 1.807) is 60.9 Å². The smallest absolute Gasteiger partial charge is 0.337 e. The van der Waals surface area contributed by atoms with Gasteiger partial charge in [-0.2, -0.15) is 10.2 Å². The zero-order valence-corrected chi connectivity index (χ0v) is 53.3. The molecule has 5 heterocycles. The third kappa shape index (κ3) is 17.5. The van der Waals surface area contributed by atoms with Gasteiger partial charge in [0.1, 0.15) is 0 Å². The maximum Gasteiger partial charge on any atom is 0.337 e. The Bertz CT molecular complexity index is 3530. The molecule has 1 saturated carbocycles. The number of hydrogen-bond donors (Lipinski definition) is 2. The van der Waals surface area contributed by atoms with Gasteiger partial charge in [-0.05, 0) is 159 Å². The molecule has 2 aromatic heterocycles.